The highest BCUT2D eigenvalue weighted by Gasteiger charge is 2.41. The first-order valence-corrected chi connectivity index (χ1v) is 42.1. The molecule has 30 N–H and O–H groups in total. The number of nitrogens with one attached hydrogen (secondary N) is 12. The van der Waals surface area contributed by atoms with Crippen molar-refractivity contribution in [3.8, 4) is 5.75 Å². The number of rotatable bonds is 38. The van der Waals surface area contributed by atoms with Crippen LogP contribution in [0.25, 0.3) is 0 Å². The number of carboxylic acids is 1. The van der Waals surface area contributed by atoms with E-state index in [9.17, 15) is 58.2 Å². The number of likely N-dealkylation sites (tertiary alicyclic amines) is 1. The van der Waals surface area contributed by atoms with E-state index in [1.807, 2.05) is 0 Å². The molecule has 0 aliphatic carbocycles. The van der Waals surface area contributed by atoms with Crippen LogP contribution >= 0.6 is 23.5 Å². The van der Waals surface area contributed by atoms with Gasteiger partial charge in [-0.05, 0) is 151 Å². The lowest BCUT2D eigenvalue weighted by Crippen LogP contribution is -2.61. The first-order chi connectivity index (χ1) is 56.2. The summed E-state index contributed by atoms with van der Waals surface area (Å²) < 4.78 is 0. The van der Waals surface area contributed by atoms with Crippen LogP contribution in [0.4, 0.5) is 0 Å². The van der Waals surface area contributed by atoms with E-state index < -0.39 is 162 Å². The molecule has 0 unspecified atom stereocenters. The third-order valence-electron chi connectivity index (χ3n) is 18.8. The van der Waals surface area contributed by atoms with Crippen molar-refractivity contribution in [2.24, 2.45) is 72.7 Å². The van der Waals surface area contributed by atoms with Crippen molar-refractivity contribution >= 4 is 124 Å². The molecule has 0 radical (unpaired) electrons. The average molecular weight is 1690 g/mol. The number of aromatic hydroxyl groups is 1. The number of unbranched alkanes of at least 4 members (excludes halogenated alkanes) is 2. The Kier molecular flexibility index (Phi) is 45.8. The number of aliphatic imine (C=N–C) groups is 3. The van der Waals surface area contributed by atoms with E-state index in [2.05, 4.69) is 78.8 Å². The summed E-state index contributed by atoms with van der Waals surface area (Å²) in [5.74, 6) is -13.4. The van der Waals surface area contributed by atoms with Gasteiger partial charge in [0.1, 0.15) is 72.2 Å². The molecule has 13 amide bonds. The monoisotopic (exact) mass is 1690 g/mol. The molecular weight excluding hydrogens is 1570 g/mol. The molecule has 2 saturated heterocycles. The first kappa shape index (κ1) is 99.6. The minimum absolute atomic E-state index is 0.0109. The summed E-state index contributed by atoms with van der Waals surface area (Å²) in [5, 5.41) is 52.2. The van der Waals surface area contributed by atoms with Gasteiger partial charge in [-0.2, -0.15) is 11.8 Å². The third kappa shape index (κ3) is 39.0. The normalized spacial score (nSPS) is 20.3. The second kappa shape index (κ2) is 54.3. The molecule has 2 heterocycles. The van der Waals surface area contributed by atoms with Gasteiger partial charge in [-0.1, -0.05) is 70.2 Å². The maximum Gasteiger partial charge on any atom is 0.326 e. The zero-order valence-corrected chi connectivity index (χ0v) is 69.4. The number of carbonyl (C=O) groups excluding carboxylic acids is 13. The smallest absolute Gasteiger partial charge is 0.326 e. The minimum Gasteiger partial charge on any atom is -0.508 e. The number of phenols is 1. The summed E-state index contributed by atoms with van der Waals surface area (Å²) in [4.78, 5) is 213. The van der Waals surface area contributed by atoms with Crippen molar-refractivity contribution in [2.45, 2.75) is 216 Å². The minimum atomic E-state index is -1.57. The lowest BCUT2D eigenvalue weighted by atomic mass is 10.00. The zero-order chi connectivity index (χ0) is 87.2. The maximum atomic E-state index is 15.3. The summed E-state index contributed by atoms with van der Waals surface area (Å²) in [7, 11) is 0. The lowest BCUT2D eigenvalue weighted by Gasteiger charge is -2.31. The molecule has 11 atom stereocenters. The molecule has 0 spiro atoms. The third-order valence-corrected chi connectivity index (χ3v) is 21.2. The number of hydrogen-bond donors (Lipinski definition) is 22. The molecule has 40 nitrogen and oxygen atoms in total. The predicted molar refractivity (Wildman–Crippen MR) is 449 cm³/mol. The van der Waals surface area contributed by atoms with Crippen LogP contribution in [0, 0.1) is 11.8 Å². The fourth-order valence-electron chi connectivity index (χ4n) is 12.7. The van der Waals surface area contributed by atoms with Crippen LogP contribution in [0.15, 0.2) is 69.6 Å². The van der Waals surface area contributed by atoms with E-state index in [-0.39, 0.29) is 181 Å². The number of nitrogens with two attached hydrogens (primary N) is 8. The molecule has 0 bridgehead atoms. The van der Waals surface area contributed by atoms with Gasteiger partial charge in [-0.3, -0.25) is 77.3 Å². The Bertz CT molecular complexity index is 3700. The summed E-state index contributed by atoms with van der Waals surface area (Å²) in [5.41, 5.74) is 46.7. The average Bonchev–Trinajstić information content (AvgIpc) is 1.62. The molecule has 2 aliphatic heterocycles. The van der Waals surface area contributed by atoms with Gasteiger partial charge in [-0.25, -0.2) is 4.79 Å². The number of phenolic OH excluding ortho intramolecular Hbond substituents is 1. The Hall–Kier alpha value is -10.7. The highest BCUT2D eigenvalue weighted by molar-refractivity contribution is 8.16. The van der Waals surface area contributed by atoms with E-state index in [0.717, 1.165) is 11.8 Å². The number of guanidine groups is 3. The van der Waals surface area contributed by atoms with Gasteiger partial charge >= 0.3 is 5.97 Å². The quantitative estimate of drug-likeness (QED) is 0.0172. The molecule has 656 valence electrons. The molecule has 0 aromatic heterocycles. The van der Waals surface area contributed by atoms with Crippen LogP contribution in [-0.2, 0) is 80.0 Å². The van der Waals surface area contributed by atoms with E-state index in [4.69, 9.17) is 45.9 Å². The molecule has 42 heteroatoms. The number of carboxylic acid groups (broad SMARTS) is 1. The molecule has 2 aromatic carbocycles. The van der Waals surface area contributed by atoms with Gasteiger partial charge in [0, 0.05) is 62.0 Å². The molecule has 2 aliphatic rings. The number of amides is 13. The van der Waals surface area contributed by atoms with Crippen molar-refractivity contribution in [3.05, 3.63) is 65.7 Å². The molecule has 0 saturated carbocycles. The van der Waals surface area contributed by atoms with Crippen LogP contribution in [-0.4, -0.2) is 251 Å². The van der Waals surface area contributed by atoms with Gasteiger partial charge in [-0.15, -0.1) is 11.8 Å². The van der Waals surface area contributed by atoms with Crippen molar-refractivity contribution in [3.63, 3.8) is 0 Å². The second-order valence-electron chi connectivity index (χ2n) is 29.6. The fraction of sp³-hybridized carbons (Fsp3) is 0.618. The number of nitrogens with zero attached hydrogens (tertiary/aromatic N) is 4. The second-order valence-corrected chi connectivity index (χ2v) is 32.1. The van der Waals surface area contributed by atoms with Crippen molar-refractivity contribution < 1.29 is 77.3 Å². The summed E-state index contributed by atoms with van der Waals surface area (Å²) >= 11 is 2.34. The van der Waals surface area contributed by atoms with Gasteiger partial charge in [0.25, 0.3) is 0 Å². The van der Waals surface area contributed by atoms with Gasteiger partial charge in [0.2, 0.25) is 76.8 Å². The molecule has 118 heavy (non-hydrogen) atoms. The summed E-state index contributed by atoms with van der Waals surface area (Å²) in [6, 6.07) is -0.753. The van der Waals surface area contributed by atoms with Crippen molar-refractivity contribution in [1.82, 2.24) is 68.7 Å². The molecule has 4 rings (SSSR count). The fourth-order valence-corrected chi connectivity index (χ4v) is 14.8. The Morgan fingerprint density at radius 3 is 1.59 bits per heavy atom. The number of carbonyl (C=O) groups is 14. The number of benzene rings is 2. The van der Waals surface area contributed by atoms with Crippen molar-refractivity contribution in [1.29, 1.82) is 0 Å². The van der Waals surface area contributed by atoms with Crippen LogP contribution in [0.3, 0.4) is 0 Å². The standard InChI is InChI=1S/C76H124N24O16S2/c1-44(2)36-54-67(109)93-50(20-12-31-85-74(79)80)64(106)92-51(21-13-32-86-75(81)82)66(108)99-58(42-118-43-117-35-28-60(102)90-56(39-47-24-26-48(101)27-25-47)63(105)89-40-61(103)88-41-62(104)91-57(69(111)98-54)38-46-16-6-5-7-17-46)70(112)95-52(22-14-33-87-76(83)84)72(114)100-34-15-23-59(100)71(113)94-49(18-8-10-29-77)65(107)97-55(37-45(3)4)68(110)96-53(73(115)116)19-9-11-30-78/h5-7,16-17,24-27,44-45,49-59,101H,8-15,18-23,28-43,77-78H2,1-4H3,(H,88,103)(H,89,105)(H,90,102)(H,91,104)(H,92,106)(H,93,109)(H,94,113)(H,95,112)(H,96,110)(H,97,107)(H,98,111)(H,99,108)(H,115,116)(H4,79,80,85)(H4,81,82,86)(H4,83,84,87)/t49-,50-,51-,52-,53-,54-,55-,56-,57-,58-,59-/m0/s1. The largest absolute Gasteiger partial charge is 0.508 e. The molecular formula is C76H124N24O16S2. The SMILES string of the molecule is CC(C)C[C@H](NC(=O)[C@H](CCCCN)NC(=O)[C@@H]1CCCN1C(=O)[C@H](CCCN=C(N)N)NC(=O)[C@@H]1CSCSCCC(=O)N[C@@H](Cc2ccc(O)cc2)C(=O)NCC(=O)NCC(=O)N[C@@H](Cc2ccccc2)C(=O)N[C@@H](CC(C)C)C(=O)N[C@@H](CCCN=C(N)N)C(=O)N[C@@H](CCCN=C(N)N)C(=O)N1)C(=O)N[C@@H](CCCCN)C(=O)O. The number of aliphatic carboxylic acids is 1. The zero-order valence-electron chi connectivity index (χ0n) is 67.7. The number of hydrogen-bond acceptors (Lipinski definition) is 22. The van der Waals surface area contributed by atoms with Gasteiger partial charge < -0.3 is 125 Å². The lowest BCUT2D eigenvalue weighted by molar-refractivity contribution is -0.143. The highest BCUT2D eigenvalue weighted by atomic mass is 32.2. The van der Waals surface area contributed by atoms with E-state index >= 15 is 19.2 Å². The van der Waals surface area contributed by atoms with Crippen LogP contribution in [0.1, 0.15) is 148 Å². The molecule has 2 aromatic rings. The Balaban J connectivity index is 1.83. The molecule has 2 fully saturated rings. The van der Waals surface area contributed by atoms with Crippen molar-refractivity contribution in [2.75, 3.05) is 68.9 Å². The number of thioether (sulfide) groups is 2. The Morgan fingerprint density at radius 1 is 0.517 bits per heavy atom. The van der Waals surface area contributed by atoms with Crippen LogP contribution in [0.5, 0.6) is 5.75 Å². The van der Waals surface area contributed by atoms with Gasteiger partial charge in [0.15, 0.2) is 17.9 Å². The van der Waals surface area contributed by atoms with E-state index in [1.54, 1.807) is 58.0 Å². The first-order valence-electron chi connectivity index (χ1n) is 39.8. The van der Waals surface area contributed by atoms with Crippen LogP contribution in [0.2, 0.25) is 0 Å². The predicted octanol–water partition coefficient (Wildman–Crippen LogP) is -4.33. The topological polar surface area (TPSA) is 672 Å². The maximum absolute atomic E-state index is 15.3. The summed E-state index contributed by atoms with van der Waals surface area (Å²) in [6.07, 6.45) is 1.50. The van der Waals surface area contributed by atoms with E-state index in [1.165, 1.54) is 40.9 Å². The van der Waals surface area contributed by atoms with Crippen LogP contribution < -0.4 is 110 Å². The Morgan fingerprint density at radius 2 is 1.02 bits per heavy atom. The Labute approximate surface area is 696 Å². The summed E-state index contributed by atoms with van der Waals surface area (Å²) in [6.45, 7) is 6.22. The van der Waals surface area contributed by atoms with Gasteiger partial charge in [0.05, 0.1) is 13.1 Å². The highest BCUT2D eigenvalue weighted by Crippen LogP contribution is 2.23. The van der Waals surface area contributed by atoms with E-state index in [0.29, 0.717) is 43.4 Å².